The molecule has 3 rings (SSSR count). The smallest absolute Gasteiger partial charge is 0.266 e. The zero-order chi connectivity index (χ0) is 19.2. The molecule has 0 aliphatic carbocycles. The van der Waals surface area contributed by atoms with E-state index in [2.05, 4.69) is 27.6 Å². The van der Waals surface area contributed by atoms with Crippen molar-refractivity contribution in [2.75, 3.05) is 5.32 Å². The molecule has 1 N–H and O–H groups in total. The van der Waals surface area contributed by atoms with Crippen LogP contribution < -0.4 is 10.1 Å². The van der Waals surface area contributed by atoms with Crippen LogP contribution in [0.15, 0.2) is 52.9 Å². The number of nitrogens with zero attached hydrogens (tertiary/aromatic N) is 2. The van der Waals surface area contributed by atoms with Crippen LogP contribution in [0.4, 0.5) is 5.13 Å². The number of rotatable bonds is 7. The van der Waals surface area contributed by atoms with Gasteiger partial charge in [-0.1, -0.05) is 65.6 Å². The van der Waals surface area contributed by atoms with Crippen molar-refractivity contribution in [3.8, 4) is 5.75 Å². The summed E-state index contributed by atoms with van der Waals surface area (Å²) < 4.78 is 6.63. The van der Waals surface area contributed by atoms with Gasteiger partial charge in [0.15, 0.2) is 10.4 Å². The predicted molar refractivity (Wildman–Crippen MR) is 111 cm³/mol. The van der Waals surface area contributed by atoms with Gasteiger partial charge in [-0.15, -0.1) is 10.2 Å². The molecule has 140 valence electrons. The average molecular weight is 400 g/mol. The number of nitrogens with one attached hydrogen (secondary N) is 1. The molecular formula is C20H21N3O2S2. The van der Waals surface area contributed by atoms with Gasteiger partial charge in [-0.05, 0) is 43.5 Å². The van der Waals surface area contributed by atoms with E-state index in [0.29, 0.717) is 10.9 Å². The van der Waals surface area contributed by atoms with E-state index >= 15 is 0 Å². The molecule has 0 aliphatic rings. The Kier molecular flexibility index (Phi) is 6.47. The number of thioether (sulfide) groups is 1. The zero-order valence-electron chi connectivity index (χ0n) is 15.4. The molecule has 27 heavy (non-hydrogen) atoms. The number of hydrogen-bond donors (Lipinski definition) is 1. The van der Waals surface area contributed by atoms with E-state index < -0.39 is 6.10 Å². The van der Waals surface area contributed by atoms with Gasteiger partial charge in [0.1, 0.15) is 5.75 Å². The van der Waals surface area contributed by atoms with E-state index in [0.717, 1.165) is 21.2 Å². The lowest BCUT2D eigenvalue weighted by Gasteiger charge is -2.16. The van der Waals surface area contributed by atoms with Crippen LogP contribution in [0.5, 0.6) is 5.75 Å². The van der Waals surface area contributed by atoms with Crippen LogP contribution in [0, 0.1) is 13.8 Å². The van der Waals surface area contributed by atoms with Crippen LogP contribution in [0.2, 0.25) is 0 Å². The highest BCUT2D eigenvalue weighted by Crippen LogP contribution is 2.28. The van der Waals surface area contributed by atoms with Crippen LogP contribution in [0.3, 0.4) is 0 Å². The zero-order valence-corrected chi connectivity index (χ0v) is 17.1. The van der Waals surface area contributed by atoms with Crippen molar-refractivity contribution in [2.24, 2.45) is 0 Å². The summed E-state index contributed by atoms with van der Waals surface area (Å²) in [5.74, 6) is 1.29. The first-order valence-corrected chi connectivity index (χ1v) is 10.4. The lowest BCUT2D eigenvalue weighted by atomic mass is 10.1. The van der Waals surface area contributed by atoms with Crippen molar-refractivity contribution in [3.63, 3.8) is 0 Å². The molecule has 1 aromatic heterocycles. The Bertz CT molecular complexity index is 913. The van der Waals surface area contributed by atoms with Crippen molar-refractivity contribution >= 4 is 34.1 Å². The van der Waals surface area contributed by atoms with Gasteiger partial charge < -0.3 is 4.74 Å². The minimum absolute atomic E-state index is 0.244. The standard InChI is InChI=1S/C20H21N3O2S2/c1-13-8-7-11-17(14(13)2)25-15(3)18(24)21-19-22-23-20(27-19)26-12-16-9-5-4-6-10-16/h4-11,15H,12H2,1-3H3,(H,21,22,24)/t15-/m1/s1. The topological polar surface area (TPSA) is 64.1 Å². The van der Waals surface area contributed by atoms with Gasteiger partial charge in [0, 0.05) is 5.75 Å². The Morgan fingerprint density at radius 3 is 2.70 bits per heavy atom. The van der Waals surface area contributed by atoms with E-state index in [4.69, 9.17) is 4.74 Å². The molecule has 0 bridgehead atoms. The van der Waals surface area contributed by atoms with Gasteiger partial charge in [0.2, 0.25) is 5.13 Å². The van der Waals surface area contributed by atoms with Gasteiger partial charge in [0.05, 0.1) is 0 Å². The summed E-state index contributed by atoms with van der Waals surface area (Å²) in [7, 11) is 0. The van der Waals surface area contributed by atoms with Crippen molar-refractivity contribution in [3.05, 3.63) is 65.2 Å². The highest BCUT2D eigenvalue weighted by molar-refractivity contribution is 8.00. The largest absolute Gasteiger partial charge is 0.481 e. The predicted octanol–water partition coefficient (Wildman–Crippen LogP) is 4.85. The maximum atomic E-state index is 12.4. The first-order chi connectivity index (χ1) is 13.0. The van der Waals surface area contributed by atoms with Gasteiger partial charge in [-0.2, -0.15) is 0 Å². The second-order valence-corrected chi connectivity index (χ2v) is 8.29. The van der Waals surface area contributed by atoms with E-state index in [9.17, 15) is 4.79 Å². The molecule has 0 aliphatic heterocycles. The molecule has 3 aromatic rings. The van der Waals surface area contributed by atoms with Crippen LogP contribution >= 0.6 is 23.1 Å². The van der Waals surface area contributed by atoms with Crippen LogP contribution in [-0.2, 0) is 10.5 Å². The maximum Gasteiger partial charge on any atom is 0.266 e. The summed E-state index contributed by atoms with van der Waals surface area (Å²) in [5.41, 5.74) is 3.39. The number of carbonyl (C=O) groups excluding carboxylic acids is 1. The fourth-order valence-electron chi connectivity index (χ4n) is 2.34. The van der Waals surface area contributed by atoms with E-state index in [1.165, 1.54) is 16.9 Å². The first-order valence-electron chi connectivity index (χ1n) is 8.57. The van der Waals surface area contributed by atoms with Crippen molar-refractivity contribution in [1.29, 1.82) is 0 Å². The van der Waals surface area contributed by atoms with Crippen molar-refractivity contribution in [2.45, 2.75) is 37.0 Å². The fourth-order valence-corrected chi connectivity index (χ4v) is 4.05. The van der Waals surface area contributed by atoms with Crippen LogP contribution in [0.1, 0.15) is 23.6 Å². The number of aryl methyl sites for hydroxylation is 1. The Balaban J connectivity index is 1.54. The third kappa shape index (κ3) is 5.30. The van der Waals surface area contributed by atoms with Crippen molar-refractivity contribution in [1.82, 2.24) is 10.2 Å². The first kappa shape index (κ1) is 19.4. The minimum atomic E-state index is -0.630. The molecular weight excluding hydrogens is 378 g/mol. The van der Waals surface area contributed by atoms with Crippen molar-refractivity contribution < 1.29 is 9.53 Å². The normalized spacial score (nSPS) is 11.8. The number of aromatic nitrogens is 2. The monoisotopic (exact) mass is 399 g/mol. The summed E-state index contributed by atoms with van der Waals surface area (Å²) >= 11 is 2.96. The molecule has 0 fully saturated rings. The van der Waals surface area contributed by atoms with Gasteiger partial charge in [-0.3, -0.25) is 10.1 Å². The molecule has 7 heteroatoms. The Hall–Kier alpha value is -2.38. The van der Waals surface area contributed by atoms with E-state index in [-0.39, 0.29) is 5.91 Å². The summed E-state index contributed by atoms with van der Waals surface area (Å²) in [4.78, 5) is 12.4. The Morgan fingerprint density at radius 2 is 1.93 bits per heavy atom. The lowest BCUT2D eigenvalue weighted by molar-refractivity contribution is -0.122. The molecule has 0 saturated carbocycles. The molecule has 1 amide bonds. The molecule has 0 radical (unpaired) electrons. The second kappa shape index (κ2) is 9.01. The third-order valence-corrected chi connectivity index (χ3v) is 6.11. The molecule has 0 spiro atoms. The summed E-state index contributed by atoms with van der Waals surface area (Å²) in [5, 5.41) is 11.4. The average Bonchev–Trinajstić information content (AvgIpc) is 3.12. The third-order valence-electron chi connectivity index (χ3n) is 4.07. The molecule has 1 heterocycles. The molecule has 1 atom stereocenters. The summed E-state index contributed by atoms with van der Waals surface area (Å²) in [6, 6.07) is 16.0. The summed E-state index contributed by atoms with van der Waals surface area (Å²) in [6.45, 7) is 5.72. The molecule has 2 aromatic carbocycles. The number of amides is 1. The van der Waals surface area contributed by atoms with E-state index in [1.807, 2.05) is 50.2 Å². The molecule has 0 unspecified atom stereocenters. The molecule has 5 nitrogen and oxygen atoms in total. The number of carbonyl (C=O) groups is 1. The SMILES string of the molecule is Cc1cccc(O[C@H](C)C(=O)Nc2nnc(SCc3ccccc3)s2)c1C. The number of benzene rings is 2. The van der Waals surface area contributed by atoms with Crippen LogP contribution in [0.25, 0.3) is 0 Å². The Morgan fingerprint density at radius 1 is 1.15 bits per heavy atom. The molecule has 0 saturated heterocycles. The van der Waals surface area contributed by atoms with Gasteiger partial charge >= 0.3 is 0 Å². The Labute approximate surface area is 167 Å². The summed E-state index contributed by atoms with van der Waals surface area (Å²) in [6.07, 6.45) is -0.630. The second-order valence-electron chi connectivity index (χ2n) is 6.09. The number of hydrogen-bond acceptors (Lipinski definition) is 6. The minimum Gasteiger partial charge on any atom is -0.481 e. The van der Waals surface area contributed by atoms with Gasteiger partial charge in [0.25, 0.3) is 5.91 Å². The highest BCUT2D eigenvalue weighted by Gasteiger charge is 2.18. The quantitative estimate of drug-likeness (QED) is 0.454. The highest BCUT2D eigenvalue weighted by atomic mass is 32.2. The van der Waals surface area contributed by atoms with Gasteiger partial charge in [-0.25, -0.2) is 0 Å². The fraction of sp³-hybridized carbons (Fsp3) is 0.250. The number of ether oxygens (including phenoxy) is 1. The van der Waals surface area contributed by atoms with E-state index in [1.54, 1.807) is 18.7 Å². The maximum absolute atomic E-state index is 12.4. The lowest BCUT2D eigenvalue weighted by Crippen LogP contribution is -2.30. The van der Waals surface area contributed by atoms with Crippen LogP contribution in [-0.4, -0.2) is 22.2 Å². The number of anilines is 1.